The fourth-order valence-corrected chi connectivity index (χ4v) is 5.46. The molecule has 3 aliphatic rings. The van der Waals surface area contributed by atoms with Crippen molar-refractivity contribution >= 4 is 15.9 Å². The van der Waals surface area contributed by atoms with Crippen LogP contribution in [-0.2, 0) is 6.42 Å². The molecule has 0 aromatic heterocycles. The molecular formula is C16H19BrFN. The third-order valence-electron chi connectivity index (χ3n) is 5.75. The van der Waals surface area contributed by atoms with Crippen molar-refractivity contribution < 1.29 is 4.39 Å². The molecule has 3 saturated carbocycles. The lowest BCUT2D eigenvalue weighted by molar-refractivity contribution is 0.409. The lowest BCUT2D eigenvalue weighted by Gasteiger charge is -2.17. The number of benzene rings is 1. The normalized spacial score (nSPS) is 40.3. The summed E-state index contributed by atoms with van der Waals surface area (Å²) in [6, 6.07) is 5.10. The van der Waals surface area contributed by atoms with Crippen LogP contribution in [-0.4, -0.2) is 6.04 Å². The molecule has 5 atom stereocenters. The van der Waals surface area contributed by atoms with Gasteiger partial charge in [0.1, 0.15) is 5.82 Å². The predicted octanol–water partition coefficient (Wildman–Crippen LogP) is 3.75. The van der Waals surface area contributed by atoms with Crippen molar-refractivity contribution in [3.63, 3.8) is 0 Å². The van der Waals surface area contributed by atoms with E-state index in [-0.39, 0.29) is 11.9 Å². The van der Waals surface area contributed by atoms with Gasteiger partial charge in [-0.05, 0) is 79.0 Å². The first kappa shape index (κ1) is 12.3. The molecule has 1 aromatic rings. The van der Waals surface area contributed by atoms with E-state index in [1.54, 1.807) is 12.1 Å². The van der Waals surface area contributed by atoms with Crippen molar-refractivity contribution in [2.24, 2.45) is 35.3 Å². The van der Waals surface area contributed by atoms with E-state index in [1.165, 1.54) is 25.3 Å². The molecule has 102 valence electrons. The Morgan fingerprint density at radius 1 is 1.26 bits per heavy atom. The second kappa shape index (κ2) is 4.29. The monoisotopic (exact) mass is 323 g/mol. The first-order valence-corrected chi connectivity index (χ1v) is 8.14. The summed E-state index contributed by atoms with van der Waals surface area (Å²) >= 11 is 3.50. The average Bonchev–Trinajstić information content (AvgIpc) is 2.83. The quantitative estimate of drug-likeness (QED) is 0.900. The zero-order chi connectivity index (χ0) is 13.1. The highest BCUT2D eigenvalue weighted by Crippen LogP contribution is 2.70. The van der Waals surface area contributed by atoms with Gasteiger partial charge < -0.3 is 5.73 Å². The van der Waals surface area contributed by atoms with E-state index in [9.17, 15) is 4.39 Å². The second-order valence-electron chi connectivity index (χ2n) is 6.67. The molecule has 0 amide bonds. The van der Waals surface area contributed by atoms with Crippen LogP contribution in [0.2, 0.25) is 0 Å². The number of hydrogen-bond donors (Lipinski definition) is 1. The number of rotatable bonds is 3. The van der Waals surface area contributed by atoms with Crippen molar-refractivity contribution in [2.75, 3.05) is 0 Å². The summed E-state index contributed by atoms with van der Waals surface area (Å²) in [5.74, 6) is 4.27. The van der Waals surface area contributed by atoms with E-state index in [0.29, 0.717) is 5.92 Å². The van der Waals surface area contributed by atoms with Crippen LogP contribution >= 0.6 is 15.9 Å². The highest BCUT2D eigenvalue weighted by atomic mass is 79.9. The minimum Gasteiger partial charge on any atom is -0.327 e. The summed E-state index contributed by atoms with van der Waals surface area (Å²) in [7, 11) is 0. The molecule has 0 aliphatic heterocycles. The van der Waals surface area contributed by atoms with E-state index in [2.05, 4.69) is 15.9 Å². The SMILES string of the molecule is NC(Cc1cc(F)ccc1Br)C1C2C3CCC(C3)C12. The fourth-order valence-electron chi connectivity index (χ4n) is 5.05. The van der Waals surface area contributed by atoms with Crippen LogP contribution in [0.5, 0.6) is 0 Å². The van der Waals surface area contributed by atoms with E-state index in [1.807, 2.05) is 0 Å². The maximum Gasteiger partial charge on any atom is 0.123 e. The summed E-state index contributed by atoms with van der Waals surface area (Å²) in [4.78, 5) is 0. The van der Waals surface area contributed by atoms with E-state index in [0.717, 1.165) is 40.1 Å². The third-order valence-corrected chi connectivity index (χ3v) is 6.53. The molecule has 0 spiro atoms. The lowest BCUT2D eigenvalue weighted by Crippen LogP contribution is -2.28. The van der Waals surface area contributed by atoms with Crippen LogP contribution in [0, 0.1) is 35.4 Å². The lowest BCUT2D eigenvalue weighted by atomic mass is 9.94. The molecule has 2 bridgehead atoms. The smallest absolute Gasteiger partial charge is 0.123 e. The van der Waals surface area contributed by atoms with Crippen LogP contribution < -0.4 is 5.73 Å². The van der Waals surface area contributed by atoms with Gasteiger partial charge in [-0.2, -0.15) is 0 Å². The largest absolute Gasteiger partial charge is 0.327 e. The van der Waals surface area contributed by atoms with Crippen LogP contribution in [0.4, 0.5) is 4.39 Å². The predicted molar refractivity (Wildman–Crippen MR) is 77.1 cm³/mol. The topological polar surface area (TPSA) is 26.0 Å². The van der Waals surface area contributed by atoms with Crippen molar-refractivity contribution in [2.45, 2.75) is 31.7 Å². The molecular weight excluding hydrogens is 305 g/mol. The van der Waals surface area contributed by atoms with E-state index in [4.69, 9.17) is 5.73 Å². The molecule has 0 radical (unpaired) electrons. The molecule has 0 heterocycles. The van der Waals surface area contributed by atoms with Gasteiger partial charge in [0.15, 0.2) is 0 Å². The Bertz CT molecular complexity index is 501. The summed E-state index contributed by atoms with van der Waals surface area (Å²) < 4.78 is 14.3. The maximum atomic E-state index is 13.3. The Balaban J connectivity index is 1.48. The molecule has 1 aromatic carbocycles. The number of fused-ring (bicyclic) bond motifs is 5. The van der Waals surface area contributed by atoms with Gasteiger partial charge in [0, 0.05) is 10.5 Å². The van der Waals surface area contributed by atoms with Gasteiger partial charge in [-0.25, -0.2) is 4.39 Å². The molecule has 3 heteroatoms. The van der Waals surface area contributed by atoms with Crippen LogP contribution in [0.15, 0.2) is 22.7 Å². The van der Waals surface area contributed by atoms with Gasteiger partial charge in [0.2, 0.25) is 0 Å². The van der Waals surface area contributed by atoms with E-state index < -0.39 is 0 Å². The minimum atomic E-state index is -0.165. The number of halogens is 2. The summed E-state index contributed by atoms with van der Waals surface area (Å²) in [6.07, 6.45) is 5.12. The molecule has 3 aliphatic carbocycles. The van der Waals surface area contributed by atoms with Crippen molar-refractivity contribution in [3.8, 4) is 0 Å². The molecule has 5 unspecified atom stereocenters. The first-order chi connectivity index (χ1) is 9.15. The van der Waals surface area contributed by atoms with Crippen LogP contribution in [0.1, 0.15) is 24.8 Å². The second-order valence-corrected chi connectivity index (χ2v) is 7.52. The Kier molecular flexibility index (Phi) is 2.79. The molecule has 0 saturated heterocycles. The zero-order valence-electron chi connectivity index (χ0n) is 10.9. The summed E-state index contributed by atoms with van der Waals surface area (Å²) in [5, 5.41) is 0. The Hall–Kier alpha value is -0.410. The number of hydrogen-bond acceptors (Lipinski definition) is 1. The molecule has 2 N–H and O–H groups in total. The third kappa shape index (κ3) is 1.89. The van der Waals surface area contributed by atoms with E-state index >= 15 is 0 Å². The summed E-state index contributed by atoms with van der Waals surface area (Å²) in [5.41, 5.74) is 7.45. The Morgan fingerprint density at radius 3 is 2.63 bits per heavy atom. The maximum absolute atomic E-state index is 13.3. The average molecular weight is 324 g/mol. The Labute approximate surface area is 121 Å². The highest BCUT2D eigenvalue weighted by molar-refractivity contribution is 9.10. The van der Waals surface area contributed by atoms with Crippen molar-refractivity contribution in [1.29, 1.82) is 0 Å². The Morgan fingerprint density at radius 2 is 1.95 bits per heavy atom. The van der Waals surface area contributed by atoms with Gasteiger partial charge in [-0.3, -0.25) is 0 Å². The van der Waals surface area contributed by atoms with Gasteiger partial charge in [-0.1, -0.05) is 15.9 Å². The zero-order valence-corrected chi connectivity index (χ0v) is 12.4. The van der Waals surface area contributed by atoms with Gasteiger partial charge >= 0.3 is 0 Å². The molecule has 4 rings (SSSR count). The molecule has 19 heavy (non-hydrogen) atoms. The highest BCUT2D eigenvalue weighted by Gasteiger charge is 2.65. The van der Waals surface area contributed by atoms with Crippen molar-refractivity contribution in [3.05, 3.63) is 34.1 Å². The molecule has 3 fully saturated rings. The minimum absolute atomic E-state index is 0.165. The standard InChI is InChI=1S/C16H19BrFN/c17-12-4-3-11(18)6-10(12)7-13(19)16-14-8-1-2-9(5-8)15(14)16/h3-4,6,8-9,13-16H,1-2,5,7,19H2. The van der Waals surface area contributed by atoms with Gasteiger partial charge in [-0.15, -0.1) is 0 Å². The van der Waals surface area contributed by atoms with Crippen LogP contribution in [0.25, 0.3) is 0 Å². The van der Waals surface area contributed by atoms with Gasteiger partial charge in [0.25, 0.3) is 0 Å². The van der Waals surface area contributed by atoms with Gasteiger partial charge in [0.05, 0.1) is 0 Å². The van der Waals surface area contributed by atoms with Crippen molar-refractivity contribution in [1.82, 2.24) is 0 Å². The van der Waals surface area contributed by atoms with Crippen LogP contribution in [0.3, 0.4) is 0 Å². The fraction of sp³-hybridized carbons (Fsp3) is 0.625. The summed E-state index contributed by atoms with van der Waals surface area (Å²) in [6.45, 7) is 0. The first-order valence-electron chi connectivity index (χ1n) is 7.34. The number of nitrogens with two attached hydrogens (primary N) is 1. The molecule has 1 nitrogen and oxygen atoms in total.